The van der Waals surface area contributed by atoms with E-state index in [0.717, 1.165) is 27.4 Å². The molecule has 0 unspecified atom stereocenters. The number of hydrogen-bond donors (Lipinski definition) is 1. The van der Waals surface area contributed by atoms with Crippen molar-refractivity contribution in [2.45, 2.75) is 26.3 Å². The second kappa shape index (κ2) is 8.06. The van der Waals surface area contributed by atoms with Gasteiger partial charge in [-0.3, -0.25) is 9.59 Å². The summed E-state index contributed by atoms with van der Waals surface area (Å²) in [5.74, 6) is 0.576. The van der Waals surface area contributed by atoms with Crippen LogP contribution < -0.4 is 5.32 Å². The monoisotopic (exact) mass is 472 g/mol. The summed E-state index contributed by atoms with van der Waals surface area (Å²) < 4.78 is 5.27. The minimum atomic E-state index is -0.286. The van der Waals surface area contributed by atoms with E-state index in [-0.39, 0.29) is 23.6 Å². The van der Waals surface area contributed by atoms with Gasteiger partial charge in [-0.25, -0.2) is 4.98 Å². The summed E-state index contributed by atoms with van der Waals surface area (Å²) >= 11 is 1.55. The van der Waals surface area contributed by atoms with Crippen molar-refractivity contribution in [3.05, 3.63) is 70.5 Å². The molecule has 2 fully saturated rings. The maximum atomic E-state index is 13.7. The highest BCUT2D eigenvalue weighted by atomic mass is 32.1. The molecule has 172 valence electrons. The number of benzene rings is 2. The highest BCUT2D eigenvalue weighted by Crippen LogP contribution is 2.50. The average molecular weight is 473 g/mol. The predicted octanol–water partition coefficient (Wildman–Crippen LogP) is 4.46. The Bertz CT molecular complexity index is 1420. The SMILES string of the molecule is Cc1cccc(-c2sc(C)nc2C(=O)N2C[C@@H]3C[C@@H]3[C@H]2CNC(=O)c2noc3ccccc23)c1. The fourth-order valence-corrected chi connectivity index (χ4v) is 5.99. The average Bonchev–Trinajstić information content (AvgIpc) is 3.17. The zero-order valence-electron chi connectivity index (χ0n) is 18.9. The Labute approximate surface area is 200 Å². The molecule has 0 spiro atoms. The Morgan fingerprint density at radius 2 is 2.00 bits per heavy atom. The Hall–Kier alpha value is -3.52. The fraction of sp³-hybridized carbons (Fsp3) is 0.308. The minimum absolute atomic E-state index is 0.0491. The van der Waals surface area contributed by atoms with Gasteiger partial charge in [0.25, 0.3) is 11.8 Å². The van der Waals surface area contributed by atoms with Crippen molar-refractivity contribution in [3.63, 3.8) is 0 Å². The number of aromatic nitrogens is 2. The van der Waals surface area contributed by atoms with Crippen LogP contribution in [0.3, 0.4) is 0 Å². The lowest BCUT2D eigenvalue weighted by Gasteiger charge is -2.27. The first kappa shape index (κ1) is 21.0. The molecule has 4 aromatic rings. The van der Waals surface area contributed by atoms with Gasteiger partial charge in [0.15, 0.2) is 11.3 Å². The summed E-state index contributed by atoms with van der Waals surface area (Å²) in [4.78, 5) is 34.0. The van der Waals surface area contributed by atoms with Crippen LogP contribution >= 0.6 is 11.3 Å². The molecule has 1 N–H and O–H groups in total. The van der Waals surface area contributed by atoms with Gasteiger partial charge in [0.1, 0.15) is 5.69 Å². The molecule has 7 nitrogen and oxygen atoms in total. The number of carbonyl (C=O) groups is 2. The van der Waals surface area contributed by atoms with Crippen molar-refractivity contribution in [2.24, 2.45) is 11.8 Å². The van der Waals surface area contributed by atoms with Crippen LogP contribution in [0, 0.1) is 25.7 Å². The summed E-state index contributed by atoms with van der Waals surface area (Å²) in [5, 5.41) is 8.50. The van der Waals surface area contributed by atoms with E-state index in [4.69, 9.17) is 4.52 Å². The molecule has 2 aromatic heterocycles. The number of rotatable bonds is 5. The summed E-state index contributed by atoms with van der Waals surface area (Å²) in [5.41, 5.74) is 3.52. The van der Waals surface area contributed by atoms with Crippen LogP contribution in [0.25, 0.3) is 21.4 Å². The number of amides is 2. The van der Waals surface area contributed by atoms with Crippen LogP contribution in [0.2, 0.25) is 0 Å². The van der Waals surface area contributed by atoms with Gasteiger partial charge in [-0.05, 0) is 49.8 Å². The molecule has 34 heavy (non-hydrogen) atoms. The third-order valence-corrected chi connectivity index (χ3v) is 7.87. The molecule has 6 rings (SSSR count). The predicted molar refractivity (Wildman–Crippen MR) is 130 cm³/mol. The Balaban J connectivity index is 1.23. The quantitative estimate of drug-likeness (QED) is 0.463. The van der Waals surface area contributed by atoms with Gasteiger partial charge in [-0.1, -0.05) is 47.1 Å². The number of hydrogen-bond acceptors (Lipinski definition) is 6. The Morgan fingerprint density at radius 1 is 1.15 bits per heavy atom. The second-order valence-electron chi connectivity index (χ2n) is 9.20. The molecule has 2 aromatic carbocycles. The van der Waals surface area contributed by atoms with Crippen molar-refractivity contribution in [1.82, 2.24) is 20.4 Å². The van der Waals surface area contributed by atoms with Crippen LogP contribution in [0.15, 0.2) is 53.1 Å². The van der Waals surface area contributed by atoms with Gasteiger partial charge >= 0.3 is 0 Å². The molecule has 1 saturated heterocycles. The third kappa shape index (κ3) is 3.58. The van der Waals surface area contributed by atoms with E-state index in [2.05, 4.69) is 21.5 Å². The van der Waals surface area contributed by atoms with Crippen LogP contribution in [-0.4, -0.2) is 46.0 Å². The number of para-hydroxylation sites is 1. The molecule has 8 heteroatoms. The van der Waals surface area contributed by atoms with E-state index in [1.54, 1.807) is 17.4 Å². The molecule has 3 heterocycles. The number of fused-ring (bicyclic) bond motifs is 2. The number of likely N-dealkylation sites (tertiary alicyclic amines) is 1. The summed E-state index contributed by atoms with van der Waals surface area (Å²) in [6.07, 6.45) is 1.10. The highest BCUT2D eigenvalue weighted by Gasteiger charge is 2.54. The number of thiazole rings is 1. The largest absolute Gasteiger partial charge is 0.355 e. The molecule has 1 aliphatic heterocycles. The number of aryl methyl sites for hydroxylation is 2. The molecule has 3 atom stereocenters. The number of carbonyl (C=O) groups excluding carboxylic acids is 2. The van der Waals surface area contributed by atoms with Crippen LogP contribution in [0.5, 0.6) is 0 Å². The molecule has 1 saturated carbocycles. The van der Waals surface area contributed by atoms with Gasteiger partial charge in [-0.15, -0.1) is 11.3 Å². The lowest BCUT2D eigenvalue weighted by Crippen LogP contribution is -2.45. The highest BCUT2D eigenvalue weighted by molar-refractivity contribution is 7.15. The number of nitrogens with one attached hydrogen (secondary N) is 1. The summed E-state index contributed by atoms with van der Waals surface area (Å²) in [6.45, 7) is 5.07. The number of piperidine rings is 1. The lowest BCUT2D eigenvalue weighted by atomic mass is 10.1. The Morgan fingerprint density at radius 3 is 2.85 bits per heavy atom. The van der Waals surface area contributed by atoms with Crippen molar-refractivity contribution in [2.75, 3.05) is 13.1 Å². The first-order valence-corrected chi connectivity index (χ1v) is 12.3. The van der Waals surface area contributed by atoms with Crippen molar-refractivity contribution in [1.29, 1.82) is 0 Å². The normalized spacial score (nSPS) is 21.0. The van der Waals surface area contributed by atoms with Gasteiger partial charge in [0, 0.05) is 13.1 Å². The van der Waals surface area contributed by atoms with Gasteiger partial charge in [-0.2, -0.15) is 0 Å². The van der Waals surface area contributed by atoms with Crippen molar-refractivity contribution < 1.29 is 14.1 Å². The van der Waals surface area contributed by atoms with Gasteiger partial charge < -0.3 is 14.7 Å². The second-order valence-corrected chi connectivity index (χ2v) is 10.4. The van der Waals surface area contributed by atoms with Crippen LogP contribution in [0.1, 0.15) is 38.0 Å². The minimum Gasteiger partial charge on any atom is -0.355 e. The van der Waals surface area contributed by atoms with Gasteiger partial charge in [0.05, 0.1) is 21.3 Å². The van der Waals surface area contributed by atoms with Crippen molar-refractivity contribution in [3.8, 4) is 10.4 Å². The van der Waals surface area contributed by atoms with Crippen LogP contribution in [0.4, 0.5) is 0 Å². The molecule has 2 amide bonds. The van der Waals surface area contributed by atoms with Crippen molar-refractivity contribution >= 4 is 34.1 Å². The Kier molecular flexibility index (Phi) is 4.99. The molecule has 2 aliphatic rings. The summed E-state index contributed by atoms with van der Waals surface area (Å²) in [7, 11) is 0. The topological polar surface area (TPSA) is 88.3 Å². The zero-order valence-corrected chi connectivity index (χ0v) is 19.8. The zero-order chi connectivity index (χ0) is 23.4. The lowest BCUT2D eigenvalue weighted by molar-refractivity contribution is 0.0690. The third-order valence-electron chi connectivity index (χ3n) is 6.85. The molecule has 1 aliphatic carbocycles. The maximum absolute atomic E-state index is 13.7. The maximum Gasteiger partial charge on any atom is 0.274 e. The first-order valence-electron chi connectivity index (χ1n) is 11.5. The van der Waals surface area contributed by atoms with E-state index in [0.29, 0.717) is 41.6 Å². The van der Waals surface area contributed by atoms with E-state index in [1.165, 1.54) is 0 Å². The smallest absolute Gasteiger partial charge is 0.274 e. The molecular formula is C26H24N4O3S. The van der Waals surface area contributed by atoms with E-state index in [9.17, 15) is 9.59 Å². The van der Waals surface area contributed by atoms with Crippen LogP contribution in [-0.2, 0) is 0 Å². The molecule has 0 radical (unpaired) electrons. The molecular weight excluding hydrogens is 448 g/mol. The molecule has 0 bridgehead atoms. The number of nitrogens with zero attached hydrogens (tertiary/aromatic N) is 3. The van der Waals surface area contributed by atoms with E-state index < -0.39 is 0 Å². The fourth-order valence-electron chi connectivity index (χ4n) is 5.09. The van der Waals surface area contributed by atoms with E-state index in [1.807, 2.05) is 55.1 Å². The van der Waals surface area contributed by atoms with Gasteiger partial charge in [0.2, 0.25) is 0 Å². The standard InChI is InChI=1S/C26H24N4O3S/c1-14-6-5-7-16(10-14)24-23(28-15(2)34-24)26(32)30-13-17-11-19(17)20(30)12-27-25(31)22-18-8-3-4-9-21(18)33-29-22/h3-10,17,19-20H,11-13H2,1-2H3,(H,27,31)/t17-,19-,20+/m0/s1. The summed E-state index contributed by atoms with van der Waals surface area (Å²) in [6, 6.07) is 15.4. The van der Waals surface area contributed by atoms with E-state index >= 15 is 0 Å². The first-order chi connectivity index (χ1) is 16.5.